The minimum atomic E-state index is -1.09. The molecular weight excluding hydrogens is 348 g/mol. The van der Waals surface area contributed by atoms with Gasteiger partial charge in [-0.3, -0.25) is 4.79 Å². The number of hydrogen-bond donors (Lipinski definition) is 1. The van der Waals surface area contributed by atoms with Crippen molar-refractivity contribution in [3.63, 3.8) is 0 Å². The topological polar surface area (TPSA) is 89.9 Å². The number of carbonyl (C=O) groups excluding carboxylic acids is 2. The molecule has 6 heteroatoms. The number of fused-ring (bicyclic) bond motifs is 1. The summed E-state index contributed by atoms with van der Waals surface area (Å²) < 4.78 is 9.79. The quantitative estimate of drug-likeness (QED) is 0.580. The van der Waals surface area contributed by atoms with Crippen LogP contribution in [0.5, 0.6) is 0 Å². The average molecular weight is 372 g/mol. The van der Waals surface area contributed by atoms with Gasteiger partial charge < -0.3 is 14.6 Å². The number of carboxylic acid groups (broad SMARTS) is 1. The van der Waals surface area contributed by atoms with E-state index in [2.05, 4.69) is 4.74 Å². The molecule has 1 N–H and O–H groups in total. The average Bonchev–Trinajstić information content (AvgIpc) is 3.40. The summed E-state index contributed by atoms with van der Waals surface area (Å²) in [7, 11) is 1.36. The molecule has 0 amide bonds. The lowest BCUT2D eigenvalue weighted by Gasteiger charge is -2.18. The molecule has 1 aliphatic heterocycles. The van der Waals surface area contributed by atoms with Crippen LogP contribution in [-0.4, -0.2) is 30.1 Å². The van der Waals surface area contributed by atoms with E-state index in [-0.39, 0.29) is 30.1 Å². The summed E-state index contributed by atoms with van der Waals surface area (Å²) in [5.74, 6) is -1.57. The summed E-state index contributed by atoms with van der Waals surface area (Å²) in [5.41, 5.74) is 4.74. The molecule has 0 bridgehead atoms. The molecule has 0 aromatic heterocycles. The van der Waals surface area contributed by atoms with E-state index in [9.17, 15) is 19.5 Å². The van der Waals surface area contributed by atoms with Gasteiger partial charge in [-0.25, -0.2) is 9.59 Å². The Morgan fingerprint density at radius 2 is 2.00 bits per heavy atom. The van der Waals surface area contributed by atoms with Gasteiger partial charge in [-0.15, -0.1) is 0 Å². The number of carboxylic acids is 1. The van der Waals surface area contributed by atoms with Crippen LogP contribution < -0.4 is 0 Å². The Balaban J connectivity index is 2.02. The van der Waals surface area contributed by atoms with Crippen LogP contribution >= 0.6 is 0 Å². The largest absolute Gasteiger partial charge is 0.478 e. The fourth-order valence-electron chi connectivity index (χ4n) is 3.78. The van der Waals surface area contributed by atoms with Crippen LogP contribution in [0.2, 0.25) is 0 Å². The summed E-state index contributed by atoms with van der Waals surface area (Å²) in [6.07, 6.45) is 5.27. The SMILES string of the molecule is COC(=O)CCC(C)=CCc1c(C(=O)O)c2c(c(C)c1C1CC1)COC2=O. The number of ether oxygens (including phenoxy) is 2. The van der Waals surface area contributed by atoms with E-state index < -0.39 is 11.9 Å². The van der Waals surface area contributed by atoms with Crippen LogP contribution in [0.3, 0.4) is 0 Å². The predicted octanol–water partition coefficient (Wildman–Crippen LogP) is 3.68. The van der Waals surface area contributed by atoms with Gasteiger partial charge in [-0.2, -0.15) is 0 Å². The maximum Gasteiger partial charge on any atom is 0.339 e. The second kappa shape index (κ2) is 7.55. The van der Waals surface area contributed by atoms with Crippen molar-refractivity contribution in [3.8, 4) is 0 Å². The van der Waals surface area contributed by atoms with Gasteiger partial charge in [0.25, 0.3) is 0 Å². The molecule has 0 atom stereocenters. The number of benzene rings is 1. The first kappa shape index (κ1) is 19.1. The number of carbonyl (C=O) groups is 3. The Kier molecular flexibility index (Phi) is 5.35. The molecule has 1 aromatic rings. The second-order valence-electron chi connectivity index (χ2n) is 7.23. The summed E-state index contributed by atoms with van der Waals surface area (Å²) >= 11 is 0. The predicted molar refractivity (Wildman–Crippen MR) is 97.9 cm³/mol. The Bertz CT molecular complexity index is 845. The van der Waals surface area contributed by atoms with E-state index >= 15 is 0 Å². The van der Waals surface area contributed by atoms with Gasteiger partial charge in [0, 0.05) is 12.0 Å². The Morgan fingerprint density at radius 3 is 2.59 bits per heavy atom. The first-order valence-electron chi connectivity index (χ1n) is 9.16. The first-order chi connectivity index (χ1) is 12.8. The highest BCUT2D eigenvalue weighted by molar-refractivity contribution is 6.06. The van der Waals surface area contributed by atoms with Gasteiger partial charge in [0.05, 0.1) is 18.2 Å². The fourth-order valence-corrected chi connectivity index (χ4v) is 3.78. The minimum Gasteiger partial charge on any atom is -0.478 e. The van der Waals surface area contributed by atoms with E-state index in [4.69, 9.17) is 4.74 Å². The van der Waals surface area contributed by atoms with Crippen molar-refractivity contribution in [2.45, 2.75) is 58.5 Å². The van der Waals surface area contributed by atoms with Crippen LogP contribution in [0.4, 0.5) is 0 Å². The number of allylic oxidation sites excluding steroid dienone is 2. The second-order valence-corrected chi connectivity index (χ2v) is 7.23. The number of hydrogen-bond acceptors (Lipinski definition) is 5. The number of methoxy groups -OCH3 is 1. The van der Waals surface area contributed by atoms with Gasteiger partial charge in [0.15, 0.2) is 0 Å². The summed E-state index contributed by atoms with van der Waals surface area (Å²) in [5, 5.41) is 9.85. The smallest absolute Gasteiger partial charge is 0.339 e. The van der Waals surface area contributed by atoms with Gasteiger partial charge in [0.2, 0.25) is 0 Å². The third kappa shape index (κ3) is 3.75. The van der Waals surface area contributed by atoms with Crippen molar-refractivity contribution < 1.29 is 29.0 Å². The number of esters is 2. The number of aromatic carboxylic acids is 1. The molecule has 3 rings (SSSR count). The monoisotopic (exact) mass is 372 g/mol. The van der Waals surface area contributed by atoms with Gasteiger partial charge >= 0.3 is 17.9 Å². The lowest BCUT2D eigenvalue weighted by molar-refractivity contribution is -0.140. The van der Waals surface area contributed by atoms with E-state index in [1.807, 2.05) is 19.9 Å². The van der Waals surface area contributed by atoms with Crippen LogP contribution in [0.25, 0.3) is 0 Å². The minimum absolute atomic E-state index is 0.0806. The molecular formula is C21H24O6. The Labute approximate surface area is 158 Å². The maximum absolute atomic E-state index is 12.2. The number of cyclic esters (lactones) is 1. The van der Waals surface area contributed by atoms with Gasteiger partial charge in [-0.05, 0) is 62.1 Å². The highest BCUT2D eigenvalue weighted by Crippen LogP contribution is 2.47. The molecule has 1 fully saturated rings. The molecule has 1 aromatic carbocycles. The highest BCUT2D eigenvalue weighted by atomic mass is 16.5. The third-order valence-corrected chi connectivity index (χ3v) is 5.39. The lowest BCUT2D eigenvalue weighted by atomic mass is 9.84. The van der Waals surface area contributed by atoms with Crippen molar-refractivity contribution in [2.75, 3.05) is 7.11 Å². The lowest BCUT2D eigenvalue weighted by Crippen LogP contribution is -2.14. The van der Waals surface area contributed by atoms with Crippen molar-refractivity contribution in [1.29, 1.82) is 0 Å². The molecule has 144 valence electrons. The third-order valence-electron chi connectivity index (χ3n) is 5.39. The zero-order valence-corrected chi connectivity index (χ0v) is 15.9. The van der Waals surface area contributed by atoms with E-state index in [1.165, 1.54) is 7.11 Å². The van der Waals surface area contributed by atoms with Crippen LogP contribution in [0.15, 0.2) is 11.6 Å². The van der Waals surface area contributed by atoms with Crippen molar-refractivity contribution in [1.82, 2.24) is 0 Å². The van der Waals surface area contributed by atoms with E-state index in [1.54, 1.807) is 0 Å². The molecule has 27 heavy (non-hydrogen) atoms. The van der Waals surface area contributed by atoms with Gasteiger partial charge in [0.1, 0.15) is 6.61 Å². The fraction of sp³-hybridized carbons (Fsp3) is 0.476. The van der Waals surface area contributed by atoms with E-state index in [0.717, 1.165) is 35.1 Å². The standard InChI is InChI=1S/C21H24O6/c1-11(5-9-16(22)26-3)4-8-14-17(13-6-7-13)12(2)15-10-27-21(25)19(15)18(14)20(23)24/h4,13H,5-10H2,1-3H3,(H,23,24). The zero-order chi connectivity index (χ0) is 19.7. The van der Waals surface area contributed by atoms with Gasteiger partial charge in [-0.1, -0.05) is 11.6 Å². The molecule has 6 nitrogen and oxygen atoms in total. The van der Waals surface area contributed by atoms with Crippen molar-refractivity contribution in [3.05, 3.63) is 45.0 Å². The van der Waals surface area contributed by atoms with E-state index in [0.29, 0.717) is 24.3 Å². The molecule has 1 aliphatic carbocycles. The normalized spacial score (nSPS) is 16.1. The van der Waals surface area contributed by atoms with Crippen molar-refractivity contribution in [2.24, 2.45) is 0 Å². The summed E-state index contributed by atoms with van der Waals surface area (Å²) in [4.78, 5) is 35.5. The maximum atomic E-state index is 12.2. The summed E-state index contributed by atoms with van der Waals surface area (Å²) in [6.45, 7) is 4.01. The molecule has 0 unspecified atom stereocenters. The van der Waals surface area contributed by atoms with Crippen LogP contribution in [-0.2, 0) is 27.3 Å². The van der Waals surface area contributed by atoms with Crippen LogP contribution in [0, 0.1) is 6.92 Å². The molecule has 0 saturated heterocycles. The summed E-state index contributed by atoms with van der Waals surface area (Å²) in [6, 6.07) is 0. The highest BCUT2D eigenvalue weighted by Gasteiger charge is 2.38. The molecule has 0 spiro atoms. The zero-order valence-electron chi connectivity index (χ0n) is 15.9. The Hall–Kier alpha value is -2.63. The van der Waals surface area contributed by atoms with Crippen molar-refractivity contribution >= 4 is 17.9 Å². The van der Waals surface area contributed by atoms with Crippen LogP contribution in [0.1, 0.15) is 81.5 Å². The Morgan fingerprint density at radius 1 is 1.30 bits per heavy atom. The molecule has 0 radical (unpaired) electrons. The molecule has 2 aliphatic rings. The molecule has 1 saturated carbocycles. The molecule has 1 heterocycles. The number of rotatable bonds is 7. The first-order valence-corrected chi connectivity index (χ1v) is 9.16.